The molecule has 2 aromatic carbocycles. The van der Waals surface area contributed by atoms with Crippen molar-refractivity contribution in [3.63, 3.8) is 0 Å². The van der Waals surface area contributed by atoms with Crippen LogP contribution in [0.15, 0.2) is 65.9 Å². The number of anilines is 1. The smallest absolute Gasteiger partial charge is 0.294 e. The van der Waals surface area contributed by atoms with Gasteiger partial charge in [0.2, 0.25) is 0 Å². The lowest BCUT2D eigenvalue weighted by molar-refractivity contribution is -0.122. The summed E-state index contributed by atoms with van der Waals surface area (Å²) in [6.45, 7) is 0. The van der Waals surface area contributed by atoms with Crippen LogP contribution >= 0.6 is 0 Å². The van der Waals surface area contributed by atoms with E-state index < -0.39 is 23.5 Å². The lowest BCUT2D eigenvalue weighted by Crippen LogP contribution is -2.32. The van der Waals surface area contributed by atoms with Crippen LogP contribution in [0.3, 0.4) is 0 Å². The molecule has 26 heavy (non-hydrogen) atoms. The van der Waals surface area contributed by atoms with Crippen molar-refractivity contribution in [1.29, 1.82) is 0 Å². The largest absolute Gasteiger partial charge is 0.503 e. The highest BCUT2D eigenvalue weighted by Crippen LogP contribution is 2.43. The van der Waals surface area contributed by atoms with Crippen molar-refractivity contribution in [2.45, 2.75) is 25.3 Å². The van der Waals surface area contributed by atoms with E-state index in [2.05, 4.69) is 0 Å². The van der Waals surface area contributed by atoms with Crippen molar-refractivity contribution in [2.75, 3.05) is 4.90 Å². The molecule has 2 aliphatic rings. The molecule has 4 rings (SSSR count). The van der Waals surface area contributed by atoms with Crippen LogP contribution < -0.4 is 4.90 Å². The topological polar surface area (TPSA) is 57.6 Å². The molecule has 1 aliphatic heterocycles. The van der Waals surface area contributed by atoms with Gasteiger partial charge in [0.25, 0.3) is 5.91 Å². The van der Waals surface area contributed by atoms with E-state index in [1.165, 1.54) is 29.2 Å². The predicted molar refractivity (Wildman–Crippen MR) is 95.1 cm³/mol. The summed E-state index contributed by atoms with van der Waals surface area (Å²) in [5, 5.41) is 10.5. The zero-order valence-corrected chi connectivity index (χ0v) is 14.1. The van der Waals surface area contributed by atoms with E-state index in [1.807, 2.05) is 30.3 Å². The highest BCUT2D eigenvalue weighted by atomic mass is 19.1. The Bertz CT molecular complexity index is 885. The van der Waals surface area contributed by atoms with Crippen molar-refractivity contribution < 1.29 is 19.1 Å². The molecule has 132 valence electrons. The fraction of sp³-hybridized carbons (Fsp3) is 0.238. The Kier molecular flexibility index (Phi) is 4.07. The third-order valence-electron chi connectivity index (χ3n) is 5.17. The number of aliphatic hydroxyl groups is 1. The zero-order chi connectivity index (χ0) is 18.3. The van der Waals surface area contributed by atoms with Gasteiger partial charge in [-0.05, 0) is 42.7 Å². The molecule has 0 saturated heterocycles. The molecule has 1 fully saturated rings. The first-order valence-corrected chi connectivity index (χ1v) is 8.69. The third kappa shape index (κ3) is 2.60. The summed E-state index contributed by atoms with van der Waals surface area (Å²) in [7, 11) is 0. The highest BCUT2D eigenvalue weighted by molar-refractivity contribution is 6.17. The van der Waals surface area contributed by atoms with E-state index in [0.29, 0.717) is 5.69 Å². The molecule has 1 heterocycles. The summed E-state index contributed by atoms with van der Waals surface area (Å²) in [6, 6.07) is 13.9. The first-order valence-electron chi connectivity index (χ1n) is 8.69. The van der Waals surface area contributed by atoms with E-state index in [-0.39, 0.29) is 17.3 Å². The number of rotatable bonds is 4. The van der Waals surface area contributed by atoms with Crippen LogP contribution in [0.4, 0.5) is 10.1 Å². The van der Waals surface area contributed by atoms with E-state index in [1.54, 1.807) is 0 Å². The average molecular weight is 351 g/mol. The number of carbonyl (C=O) groups excluding carboxylic acids is 2. The van der Waals surface area contributed by atoms with Gasteiger partial charge in [-0.15, -0.1) is 0 Å². The fourth-order valence-electron chi connectivity index (χ4n) is 3.57. The van der Waals surface area contributed by atoms with Crippen molar-refractivity contribution in [1.82, 2.24) is 0 Å². The Labute approximate surface area is 150 Å². The number of amides is 1. The number of hydrogen-bond acceptors (Lipinski definition) is 3. The number of hydrogen-bond donors (Lipinski definition) is 1. The van der Waals surface area contributed by atoms with Crippen molar-refractivity contribution in [3.05, 3.63) is 77.3 Å². The average Bonchev–Trinajstić information content (AvgIpc) is 2.87. The molecule has 4 nitrogen and oxygen atoms in total. The monoisotopic (exact) mass is 351 g/mol. The van der Waals surface area contributed by atoms with Crippen LogP contribution in [0.2, 0.25) is 0 Å². The first kappa shape index (κ1) is 16.5. The molecular formula is C21H18FNO3. The molecule has 1 unspecified atom stereocenters. The minimum Gasteiger partial charge on any atom is -0.503 e. The van der Waals surface area contributed by atoms with Crippen LogP contribution in [-0.2, 0) is 9.59 Å². The molecule has 1 aliphatic carbocycles. The van der Waals surface area contributed by atoms with Gasteiger partial charge in [0.1, 0.15) is 5.82 Å². The quantitative estimate of drug-likeness (QED) is 0.902. The minimum absolute atomic E-state index is 0.140. The molecule has 5 heteroatoms. The molecular weight excluding hydrogens is 333 g/mol. The summed E-state index contributed by atoms with van der Waals surface area (Å²) in [5.41, 5.74) is 1.32. The van der Waals surface area contributed by atoms with E-state index >= 15 is 0 Å². The van der Waals surface area contributed by atoms with E-state index in [4.69, 9.17) is 0 Å². The molecule has 1 amide bonds. The summed E-state index contributed by atoms with van der Waals surface area (Å²) >= 11 is 0. The third-order valence-corrected chi connectivity index (χ3v) is 5.17. The standard InChI is InChI=1S/C21H18FNO3/c22-15-9-11-16(12-10-15)23-18(13-5-2-1-3-6-13)17(20(25)21(23)26)19(24)14-7-4-8-14/h1-3,5-6,9-12,14,18,25H,4,7-8H2. The number of carbonyl (C=O) groups is 2. The maximum Gasteiger partial charge on any atom is 0.294 e. The number of aliphatic hydroxyl groups excluding tert-OH is 1. The number of halogens is 1. The van der Waals surface area contributed by atoms with Crippen LogP contribution in [-0.4, -0.2) is 16.8 Å². The molecule has 0 spiro atoms. The van der Waals surface area contributed by atoms with Crippen molar-refractivity contribution in [2.24, 2.45) is 5.92 Å². The number of Topliss-reactive ketones (excluding diaryl/α,β-unsaturated/α-hetero) is 1. The minimum atomic E-state index is -0.706. The Balaban J connectivity index is 1.83. The van der Waals surface area contributed by atoms with Gasteiger partial charge in [0, 0.05) is 11.6 Å². The van der Waals surface area contributed by atoms with Crippen molar-refractivity contribution in [3.8, 4) is 0 Å². The Hall–Kier alpha value is -2.95. The molecule has 0 bridgehead atoms. The zero-order valence-electron chi connectivity index (χ0n) is 14.1. The number of nitrogens with zero attached hydrogens (tertiary/aromatic N) is 1. The summed E-state index contributed by atoms with van der Waals surface area (Å²) in [4.78, 5) is 27.1. The van der Waals surface area contributed by atoms with Gasteiger partial charge in [-0.3, -0.25) is 14.5 Å². The summed E-state index contributed by atoms with van der Waals surface area (Å²) < 4.78 is 13.3. The molecule has 2 aromatic rings. The van der Waals surface area contributed by atoms with Crippen LogP contribution in [0.25, 0.3) is 0 Å². The van der Waals surface area contributed by atoms with Gasteiger partial charge in [-0.2, -0.15) is 0 Å². The Morgan fingerprint density at radius 1 is 1.04 bits per heavy atom. The van der Waals surface area contributed by atoms with Gasteiger partial charge in [0.15, 0.2) is 11.5 Å². The highest BCUT2D eigenvalue weighted by Gasteiger charge is 2.46. The number of ketones is 1. The van der Waals surface area contributed by atoms with Crippen molar-refractivity contribution >= 4 is 17.4 Å². The van der Waals surface area contributed by atoms with Gasteiger partial charge < -0.3 is 5.11 Å². The maximum atomic E-state index is 13.3. The van der Waals surface area contributed by atoms with Gasteiger partial charge >= 0.3 is 0 Å². The number of benzene rings is 2. The molecule has 1 atom stereocenters. The lowest BCUT2D eigenvalue weighted by atomic mass is 9.77. The van der Waals surface area contributed by atoms with E-state index in [0.717, 1.165) is 24.8 Å². The first-order chi connectivity index (χ1) is 12.6. The van der Waals surface area contributed by atoms with Gasteiger partial charge in [-0.25, -0.2) is 4.39 Å². The van der Waals surface area contributed by atoms with Crippen LogP contribution in [0, 0.1) is 11.7 Å². The van der Waals surface area contributed by atoms with Crippen LogP contribution in [0.5, 0.6) is 0 Å². The Morgan fingerprint density at radius 3 is 2.27 bits per heavy atom. The normalized spacial score (nSPS) is 20.4. The summed E-state index contributed by atoms with van der Waals surface area (Å²) in [5.74, 6) is -1.85. The fourth-order valence-corrected chi connectivity index (χ4v) is 3.57. The van der Waals surface area contributed by atoms with Gasteiger partial charge in [0.05, 0.1) is 11.6 Å². The Morgan fingerprint density at radius 2 is 1.69 bits per heavy atom. The predicted octanol–water partition coefficient (Wildman–Crippen LogP) is 4.09. The second-order valence-electron chi connectivity index (χ2n) is 6.72. The second kappa shape index (κ2) is 6.41. The maximum absolute atomic E-state index is 13.3. The van der Waals surface area contributed by atoms with E-state index in [9.17, 15) is 19.1 Å². The molecule has 1 N–H and O–H groups in total. The molecule has 1 saturated carbocycles. The SMILES string of the molecule is O=C(C1=C(O)C(=O)N(c2ccc(F)cc2)C1c1ccccc1)C1CCC1. The van der Waals surface area contributed by atoms with Crippen LogP contribution in [0.1, 0.15) is 30.9 Å². The molecule has 0 aromatic heterocycles. The molecule has 0 radical (unpaired) electrons. The van der Waals surface area contributed by atoms with Gasteiger partial charge in [-0.1, -0.05) is 36.8 Å². The summed E-state index contributed by atoms with van der Waals surface area (Å²) in [6.07, 6.45) is 2.54. The second-order valence-corrected chi connectivity index (χ2v) is 6.72. The lowest BCUT2D eigenvalue weighted by Gasteiger charge is -2.30.